The van der Waals surface area contributed by atoms with Gasteiger partial charge in [0.2, 0.25) is 0 Å². The molecule has 2 aromatic carbocycles. The molecule has 1 aliphatic rings. The Morgan fingerprint density at radius 1 is 1.04 bits per heavy atom. The highest BCUT2D eigenvalue weighted by atomic mass is 16.5. The lowest BCUT2D eigenvalue weighted by molar-refractivity contribution is -0.138. The minimum absolute atomic E-state index is 0.116. The van der Waals surface area contributed by atoms with Crippen molar-refractivity contribution in [2.45, 2.75) is 13.5 Å². The molecule has 28 heavy (non-hydrogen) atoms. The average Bonchev–Trinajstić information content (AvgIpc) is 2.94. The number of methoxy groups -OCH3 is 1. The maximum atomic E-state index is 13.2. The highest BCUT2D eigenvalue weighted by molar-refractivity contribution is 6.35. The summed E-state index contributed by atoms with van der Waals surface area (Å²) >= 11 is 0. The maximum absolute atomic E-state index is 13.2. The lowest BCUT2D eigenvalue weighted by Gasteiger charge is -2.21. The van der Waals surface area contributed by atoms with E-state index in [1.165, 1.54) is 4.90 Å². The van der Waals surface area contributed by atoms with Gasteiger partial charge in [0, 0.05) is 19.2 Å². The maximum Gasteiger partial charge on any atom is 0.278 e. The lowest BCUT2D eigenvalue weighted by Crippen LogP contribution is -2.34. The number of hydrogen-bond donors (Lipinski definition) is 1. The predicted molar refractivity (Wildman–Crippen MR) is 106 cm³/mol. The smallest absolute Gasteiger partial charge is 0.278 e. The van der Waals surface area contributed by atoms with Crippen LogP contribution in [0.3, 0.4) is 0 Å². The number of amides is 2. The number of hydrogen-bond acceptors (Lipinski definition) is 5. The van der Waals surface area contributed by atoms with Crippen molar-refractivity contribution in [2.24, 2.45) is 0 Å². The summed E-state index contributed by atoms with van der Waals surface area (Å²) in [7, 11) is 3.26. The Morgan fingerprint density at radius 3 is 2.36 bits per heavy atom. The minimum atomic E-state index is -0.373. The van der Waals surface area contributed by atoms with Crippen LogP contribution >= 0.6 is 0 Å². The molecule has 1 N–H and O–H groups in total. The normalized spacial score (nSPS) is 14.1. The fourth-order valence-electron chi connectivity index (χ4n) is 3.31. The number of para-hydroxylation sites is 1. The first-order chi connectivity index (χ1) is 13.5. The van der Waals surface area contributed by atoms with Crippen molar-refractivity contribution in [3.05, 3.63) is 70.9 Å². The number of benzene rings is 2. The van der Waals surface area contributed by atoms with Gasteiger partial charge in [0.05, 0.1) is 25.8 Å². The summed E-state index contributed by atoms with van der Waals surface area (Å²) in [4.78, 5) is 29.3. The molecule has 1 heterocycles. The molecule has 0 spiro atoms. The van der Waals surface area contributed by atoms with Crippen LogP contribution in [0.25, 0.3) is 5.57 Å². The number of imide groups is 1. The number of ether oxygens (including phenoxy) is 1. The van der Waals surface area contributed by atoms with Crippen LogP contribution in [-0.4, -0.2) is 54.0 Å². The van der Waals surface area contributed by atoms with Crippen molar-refractivity contribution >= 4 is 17.4 Å². The molecule has 0 saturated carbocycles. The van der Waals surface area contributed by atoms with E-state index < -0.39 is 0 Å². The molecule has 0 bridgehead atoms. The van der Waals surface area contributed by atoms with Gasteiger partial charge in [0.25, 0.3) is 11.8 Å². The first kappa shape index (κ1) is 19.6. The second-order valence-electron chi connectivity index (χ2n) is 6.74. The number of aliphatic hydroxyl groups is 1. The minimum Gasteiger partial charge on any atom is -0.496 e. The largest absolute Gasteiger partial charge is 0.496 e. The summed E-state index contributed by atoms with van der Waals surface area (Å²) in [5.41, 5.74) is 3.16. The first-order valence-electron chi connectivity index (χ1n) is 9.09. The van der Waals surface area contributed by atoms with Gasteiger partial charge in [0.1, 0.15) is 11.4 Å². The van der Waals surface area contributed by atoms with Gasteiger partial charge in [-0.25, -0.2) is 0 Å². The van der Waals surface area contributed by atoms with Gasteiger partial charge in [-0.05, 0) is 18.6 Å². The number of nitrogens with zero attached hydrogens (tertiary/aromatic N) is 2. The van der Waals surface area contributed by atoms with Crippen molar-refractivity contribution in [2.75, 3.05) is 27.3 Å². The van der Waals surface area contributed by atoms with Crippen LogP contribution in [0.15, 0.2) is 54.2 Å². The molecule has 3 rings (SSSR count). The molecule has 6 heteroatoms. The van der Waals surface area contributed by atoms with Gasteiger partial charge < -0.3 is 14.7 Å². The average molecular weight is 380 g/mol. The van der Waals surface area contributed by atoms with Crippen LogP contribution in [0.4, 0.5) is 0 Å². The Bertz CT molecular complexity index is 918. The van der Waals surface area contributed by atoms with Crippen molar-refractivity contribution in [1.82, 2.24) is 9.80 Å². The van der Waals surface area contributed by atoms with Gasteiger partial charge in [-0.3, -0.25) is 14.5 Å². The molecule has 2 amide bonds. The summed E-state index contributed by atoms with van der Waals surface area (Å²) in [5.74, 6) is -0.0980. The summed E-state index contributed by atoms with van der Waals surface area (Å²) in [6, 6.07) is 14.8. The van der Waals surface area contributed by atoms with Gasteiger partial charge in [-0.1, -0.05) is 48.0 Å². The number of aryl methyl sites for hydroxylation is 1. The van der Waals surface area contributed by atoms with E-state index in [0.717, 1.165) is 11.1 Å². The topological polar surface area (TPSA) is 70.1 Å². The van der Waals surface area contributed by atoms with E-state index in [-0.39, 0.29) is 31.5 Å². The van der Waals surface area contributed by atoms with Crippen LogP contribution in [0.5, 0.6) is 5.75 Å². The number of rotatable bonds is 7. The molecule has 1 aliphatic heterocycles. The molecule has 0 radical (unpaired) electrons. The van der Waals surface area contributed by atoms with Crippen molar-refractivity contribution in [3.63, 3.8) is 0 Å². The number of carbonyl (C=O) groups excluding carboxylic acids is 2. The molecule has 0 aliphatic carbocycles. The van der Waals surface area contributed by atoms with E-state index in [0.29, 0.717) is 22.6 Å². The molecule has 2 aromatic rings. The Morgan fingerprint density at radius 2 is 1.71 bits per heavy atom. The summed E-state index contributed by atoms with van der Waals surface area (Å²) in [5, 5.41) is 9.32. The van der Waals surface area contributed by atoms with E-state index in [9.17, 15) is 14.7 Å². The van der Waals surface area contributed by atoms with Gasteiger partial charge >= 0.3 is 0 Å². The molecule has 0 saturated heterocycles. The molecule has 0 aromatic heterocycles. The molecule has 6 nitrogen and oxygen atoms in total. The molecular formula is C22H24N2O4. The first-order valence-corrected chi connectivity index (χ1v) is 9.09. The second kappa shape index (κ2) is 8.27. The van der Waals surface area contributed by atoms with Crippen LogP contribution in [-0.2, 0) is 16.1 Å². The van der Waals surface area contributed by atoms with Gasteiger partial charge in [-0.2, -0.15) is 0 Å². The SMILES string of the molecule is COc1ccccc1CN1C(=O)C(c2ccc(C)cc2)=C(N(C)CCO)C1=O. The second-order valence-corrected chi connectivity index (χ2v) is 6.74. The highest BCUT2D eigenvalue weighted by Crippen LogP contribution is 2.33. The third-order valence-electron chi connectivity index (χ3n) is 4.82. The Hall–Kier alpha value is -3.12. The lowest BCUT2D eigenvalue weighted by atomic mass is 10.0. The van der Waals surface area contributed by atoms with Gasteiger partial charge in [-0.15, -0.1) is 0 Å². The standard InChI is InChI=1S/C22H24N2O4/c1-15-8-10-16(11-9-15)19-20(23(2)12-13-25)22(27)24(21(19)26)14-17-6-4-5-7-18(17)28-3/h4-11,25H,12-14H2,1-3H3. The van der Waals surface area contributed by atoms with Crippen molar-refractivity contribution in [1.29, 1.82) is 0 Å². The Balaban J connectivity index is 2.02. The molecular weight excluding hydrogens is 356 g/mol. The number of carbonyl (C=O) groups is 2. The fourth-order valence-corrected chi connectivity index (χ4v) is 3.31. The van der Waals surface area contributed by atoms with E-state index in [2.05, 4.69) is 0 Å². The molecule has 0 unspecified atom stereocenters. The number of likely N-dealkylation sites (N-methyl/N-ethyl adjacent to an activating group) is 1. The summed E-state index contributed by atoms with van der Waals surface area (Å²) < 4.78 is 5.36. The quantitative estimate of drug-likeness (QED) is 0.746. The zero-order chi connectivity index (χ0) is 20.3. The zero-order valence-corrected chi connectivity index (χ0v) is 16.3. The zero-order valence-electron chi connectivity index (χ0n) is 16.3. The monoisotopic (exact) mass is 380 g/mol. The van der Waals surface area contributed by atoms with Crippen LogP contribution in [0, 0.1) is 6.92 Å². The summed E-state index contributed by atoms with van der Waals surface area (Å²) in [6.07, 6.45) is 0. The molecule has 0 fully saturated rings. The predicted octanol–water partition coefficient (Wildman–Crippen LogP) is 2.21. The highest BCUT2D eigenvalue weighted by Gasteiger charge is 2.40. The van der Waals surface area contributed by atoms with E-state index in [1.54, 1.807) is 25.1 Å². The van der Waals surface area contributed by atoms with Crippen LogP contribution in [0.1, 0.15) is 16.7 Å². The van der Waals surface area contributed by atoms with Crippen LogP contribution < -0.4 is 4.74 Å². The van der Waals surface area contributed by atoms with E-state index >= 15 is 0 Å². The fraction of sp³-hybridized carbons (Fsp3) is 0.273. The van der Waals surface area contributed by atoms with E-state index in [4.69, 9.17) is 4.74 Å². The third kappa shape index (κ3) is 3.64. The molecule has 0 atom stereocenters. The van der Waals surface area contributed by atoms with E-state index in [1.807, 2.05) is 49.4 Å². The Labute approximate surface area is 164 Å². The third-order valence-corrected chi connectivity index (χ3v) is 4.82. The van der Waals surface area contributed by atoms with Crippen LogP contribution in [0.2, 0.25) is 0 Å². The van der Waals surface area contributed by atoms with Crippen molar-refractivity contribution < 1.29 is 19.4 Å². The van der Waals surface area contributed by atoms with Crippen molar-refractivity contribution in [3.8, 4) is 5.75 Å². The summed E-state index contributed by atoms with van der Waals surface area (Å²) in [6.45, 7) is 2.22. The molecule has 146 valence electrons. The number of aliphatic hydroxyl groups excluding tert-OH is 1. The Kier molecular flexibility index (Phi) is 5.80. The van der Waals surface area contributed by atoms with Gasteiger partial charge in [0.15, 0.2) is 0 Å².